The molecule has 4 heteroatoms. The number of amidine groups is 1. The molecule has 4 rings (SSSR count). The van der Waals surface area contributed by atoms with E-state index in [1.165, 1.54) is 25.0 Å². The van der Waals surface area contributed by atoms with Crippen molar-refractivity contribution in [1.82, 2.24) is 10.3 Å². The molecule has 1 fully saturated rings. The molecule has 0 saturated heterocycles. The van der Waals surface area contributed by atoms with Crippen molar-refractivity contribution in [1.29, 1.82) is 0 Å². The molecule has 1 saturated carbocycles. The number of aliphatic imine (C=N–C) groups is 1. The molecule has 1 aromatic heterocycles. The number of benzene rings is 1. The van der Waals surface area contributed by atoms with E-state index in [1.807, 2.05) is 18.3 Å². The number of hydrogen-bond acceptors (Lipinski definition) is 3. The summed E-state index contributed by atoms with van der Waals surface area (Å²) < 4.78 is 0. The van der Waals surface area contributed by atoms with Gasteiger partial charge in [0.25, 0.3) is 0 Å². The van der Waals surface area contributed by atoms with Crippen LogP contribution < -0.4 is 10.6 Å². The summed E-state index contributed by atoms with van der Waals surface area (Å²) in [6.07, 6.45) is 8.12. The summed E-state index contributed by atoms with van der Waals surface area (Å²) >= 11 is 0. The first-order valence-electron chi connectivity index (χ1n) is 8.18. The van der Waals surface area contributed by atoms with Gasteiger partial charge in [-0.15, -0.1) is 0 Å². The summed E-state index contributed by atoms with van der Waals surface area (Å²) in [6, 6.07) is 12.5. The van der Waals surface area contributed by atoms with Crippen molar-refractivity contribution >= 4 is 17.2 Å². The predicted molar refractivity (Wildman–Crippen MR) is 90.6 cm³/mol. The number of anilines is 1. The summed E-state index contributed by atoms with van der Waals surface area (Å²) in [6.45, 7) is 0.789. The van der Waals surface area contributed by atoms with Gasteiger partial charge in [0.1, 0.15) is 5.84 Å². The number of para-hydroxylation sites is 2. The van der Waals surface area contributed by atoms with Crippen LogP contribution in [0.4, 0.5) is 11.4 Å². The quantitative estimate of drug-likeness (QED) is 0.785. The standard InChI is InChI=1S/C18H22N4/c1-4-10-18(11-5-1)17(20-13-14-7-6-12-19-14)21-15-8-2-3-9-16(15)22-18/h2-3,6-9,12,19,22H,1,4-5,10-11,13H2,(H,20,21). The van der Waals surface area contributed by atoms with Crippen molar-refractivity contribution in [2.24, 2.45) is 4.99 Å². The summed E-state index contributed by atoms with van der Waals surface area (Å²) in [5.41, 5.74) is 3.37. The third kappa shape index (κ3) is 2.39. The van der Waals surface area contributed by atoms with Gasteiger partial charge in [0, 0.05) is 11.9 Å². The fraction of sp³-hybridized carbons (Fsp3) is 0.389. The van der Waals surface area contributed by atoms with Gasteiger partial charge in [0.15, 0.2) is 0 Å². The van der Waals surface area contributed by atoms with Crippen LogP contribution in [-0.2, 0) is 6.54 Å². The molecule has 0 radical (unpaired) electrons. The molecule has 1 spiro atoms. The lowest BCUT2D eigenvalue weighted by atomic mass is 9.79. The fourth-order valence-corrected chi connectivity index (χ4v) is 3.60. The van der Waals surface area contributed by atoms with E-state index in [4.69, 9.17) is 4.99 Å². The molecule has 3 N–H and O–H groups in total. The number of H-pyrrole nitrogens is 1. The van der Waals surface area contributed by atoms with Crippen molar-refractivity contribution in [3.63, 3.8) is 0 Å². The minimum absolute atomic E-state index is 0.0147. The van der Waals surface area contributed by atoms with Gasteiger partial charge in [0.05, 0.1) is 23.5 Å². The van der Waals surface area contributed by atoms with Gasteiger partial charge < -0.3 is 15.6 Å². The van der Waals surface area contributed by atoms with E-state index in [0.717, 1.165) is 36.6 Å². The number of hydrogen-bond donors (Lipinski definition) is 3. The normalized spacial score (nSPS) is 19.2. The first-order valence-corrected chi connectivity index (χ1v) is 8.18. The van der Waals surface area contributed by atoms with Crippen molar-refractivity contribution in [3.8, 4) is 0 Å². The molecular formula is C18H22N4. The van der Waals surface area contributed by atoms with Crippen LogP contribution in [0.1, 0.15) is 37.8 Å². The Labute approximate surface area is 131 Å². The molecule has 114 valence electrons. The maximum absolute atomic E-state index is 4.95. The lowest BCUT2D eigenvalue weighted by Crippen LogP contribution is -2.54. The maximum atomic E-state index is 4.95. The maximum Gasteiger partial charge on any atom is 0.128 e. The zero-order valence-corrected chi connectivity index (χ0v) is 12.7. The molecule has 2 aliphatic rings. The van der Waals surface area contributed by atoms with Crippen molar-refractivity contribution in [2.75, 3.05) is 5.32 Å². The van der Waals surface area contributed by atoms with E-state index < -0.39 is 0 Å². The molecule has 2 aromatic rings. The van der Waals surface area contributed by atoms with Gasteiger partial charge >= 0.3 is 0 Å². The zero-order chi connectivity index (χ0) is 14.8. The largest absolute Gasteiger partial charge is 0.371 e. The van der Waals surface area contributed by atoms with Gasteiger partial charge in [-0.05, 0) is 37.1 Å². The second-order valence-electron chi connectivity index (χ2n) is 6.29. The molecule has 0 atom stereocenters. The summed E-state index contributed by atoms with van der Waals surface area (Å²) in [4.78, 5) is 8.20. The Morgan fingerprint density at radius 2 is 1.91 bits per heavy atom. The number of aromatic nitrogens is 1. The third-order valence-corrected chi connectivity index (χ3v) is 4.78. The highest BCUT2D eigenvalue weighted by atomic mass is 15.2. The highest BCUT2D eigenvalue weighted by Crippen LogP contribution is 2.40. The highest BCUT2D eigenvalue weighted by molar-refractivity contribution is 6.00. The number of aromatic amines is 1. The SMILES string of the molecule is c1c[nH]c(CNC2=Nc3ccccc3NC23CCCCC3)c1. The predicted octanol–water partition coefficient (Wildman–Crippen LogP) is 3.96. The fourth-order valence-electron chi connectivity index (χ4n) is 3.60. The molecular weight excluding hydrogens is 272 g/mol. The van der Waals surface area contributed by atoms with Crippen LogP contribution in [0.2, 0.25) is 0 Å². The van der Waals surface area contributed by atoms with Crippen molar-refractivity contribution in [2.45, 2.75) is 44.2 Å². The number of fused-ring (bicyclic) bond motifs is 1. The molecule has 1 aliphatic heterocycles. The van der Waals surface area contributed by atoms with Gasteiger partial charge in [-0.2, -0.15) is 0 Å². The summed E-state index contributed by atoms with van der Waals surface area (Å²) in [5.74, 6) is 1.10. The molecule has 0 amide bonds. The van der Waals surface area contributed by atoms with Crippen molar-refractivity contribution in [3.05, 3.63) is 48.3 Å². The Balaban J connectivity index is 1.65. The highest BCUT2D eigenvalue weighted by Gasteiger charge is 2.40. The van der Waals surface area contributed by atoms with Crippen LogP contribution in [0.15, 0.2) is 47.6 Å². The van der Waals surface area contributed by atoms with E-state index in [9.17, 15) is 0 Å². The average Bonchev–Trinajstić information content (AvgIpc) is 3.07. The van der Waals surface area contributed by atoms with Gasteiger partial charge in [-0.3, -0.25) is 0 Å². The monoisotopic (exact) mass is 294 g/mol. The summed E-state index contributed by atoms with van der Waals surface area (Å²) in [5, 5.41) is 7.37. The van der Waals surface area contributed by atoms with Crippen molar-refractivity contribution < 1.29 is 0 Å². The minimum atomic E-state index is -0.0147. The first-order chi connectivity index (χ1) is 10.9. The molecule has 0 unspecified atom stereocenters. The number of nitrogens with zero attached hydrogens (tertiary/aromatic N) is 1. The van der Waals surface area contributed by atoms with Crippen LogP contribution in [0.5, 0.6) is 0 Å². The van der Waals surface area contributed by atoms with Crippen LogP contribution in [0, 0.1) is 0 Å². The van der Waals surface area contributed by atoms with Gasteiger partial charge in [-0.25, -0.2) is 4.99 Å². The van der Waals surface area contributed by atoms with Crippen LogP contribution in [-0.4, -0.2) is 16.4 Å². The lowest BCUT2D eigenvalue weighted by Gasteiger charge is -2.42. The van der Waals surface area contributed by atoms with Crippen LogP contribution in [0.3, 0.4) is 0 Å². The van der Waals surface area contributed by atoms with Crippen LogP contribution in [0.25, 0.3) is 0 Å². The van der Waals surface area contributed by atoms with Crippen LogP contribution >= 0.6 is 0 Å². The van der Waals surface area contributed by atoms with Gasteiger partial charge in [-0.1, -0.05) is 31.4 Å². The van der Waals surface area contributed by atoms with E-state index >= 15 is 0 Å². The van der Waals surface area contributed by atoms with E-state index in [2.05, 4.69) is 39.9 Å². The molecule has 4 nitrogen and oxygen atoms in total. The molecule has 1 aromatic carbocycles. The third-order valence-electron chi connectivity index (χ3n) is 4.78. The Morgan fingerprint density at radius 1 is 1.05 bits per heavy atom. The zero-order valence-electron chi connectivity index (χ0n) is 12.7. The van der Waals surface area contributed by atoms with Gasteiger partial charge in [0.2, 0.25) is 0 Å². The van der Waals surface area contributed by atoms with E-state index in [-0.39, 0.29) is 5.54 Å². The lowest BCUT2D eigenvalue weighted by molar-refractivity contribution is 0.396. The average molecular weight is 294 g/mol. The number of nitrogens with one attached hydrogen (secondary N) is 3. The Bertz CT molecular complexity index is 666. The van der Waals surface area contributed by atoms with E-state index in [0.29, 0.717) is 0 Å². The first kappa shape index (κ1) is 13.4. The number of rotatable bonds is 2. The molecule has 1 aliphatic carbocycles. The van der Waals surface area contributed by atoms with E-state index in [1.54, 1.807) is 0 Å². The second-order valence-corrected chi connectivity index (χ2v) is 6.29. The topological polar surface area (TPSA) is 52.2 Å². The Morgan fingerprint density at radius 3 is 2.73 bits per heavy atom. The summed E-state index contributed by atoms with van der Waals surface area (Å²) in [7, 11) is 0. The Kier molecular flexibility index (Phi) is 3.37. The molecule has 22 heavy (non-hydrogen) atoms. The smallest absolute Gasteiger partial charge is 0.128 e. The Hall–Kier alpha value is -2.23. The second kappa shape index (κ2) is 5.52. The minimum Gasteiger partial charge on any atom is -0.371 e. The molecule has 0 bridgehead atoms. The molecule has 2 heterocycles.